The van der Waals surface area contributed by atoms with Crippen molar-refractivity contribution in [1.29, 1.82) is 0 Å². The van der Waals surface area contributed by atoms with Crippen LogP contribution in [0.25, 0.3) is 0 Å². The first kappa shape index (κ1) is 15.6. The second kappa shape index (κ2) is 7.83. The topological polar surface area (TPSA) is 50.4 Å². The molecule has 24 heavy (non-hydrogen) atoms. The van der Waals surface area contributed by atoms with Crippen LogP contribution in [0, 0.1) is 0 Å². The van der Waals surface area contributed by atoms with Crippen LogP contribution in [-0.2, 0) is 6.61 Å². The van der Waals surface area contributed by atoms with Crippen molar-refractivity contribution in [3.63, 3.8) is 0 Å². The fourth-order valence-corrected chi connectivity index (χ4v) is 2.22. The van der Waals surface area contributed by atoms with E-state index >= 15 is 0 Å². The van der Waals surface area contributed by atoms with Gasteiger partial charge < -0.3 is 15.4 Å². The van der Waals surface area contributed by atoms with Gasteiger partial charge in [0.25, 0.3) is 0 Å². The smallest absolute Gasteiger partial charge is 0.323 e. The minimum atomic E-state index is -0.290. The van der Waals surface area contributed by atoms with Gasteiger partial charge in [0.2, 0.25) is 0 Å². The van der Waals surface area contributed by atoms with E-state index in [1.807, 2.05) is 78.9 Å². The zero-order chi connectivity index (χ0) is 16.6. The van der Waals surface area contributed by atoms with Crippen molar-refractivity contribution in [3.8, 4) is 5.75 Å². The molecule has 3 aromatic rings. The highest BCUT2D eigenvalue weighted by atomic mass is 16.5. The van der Waals surface area contributed by atoms with Crippen LogP contribution in [-0.4, -0.2) is 6.03 Å². The number of urea groups is 1. The molecule has 0 spiro atoms. The second-order valence-corrected chi connectivity index (χ2v) is 5.25. The van der Waals surface area contributed by atoms with Gasteiger partial charge in [-0.1, -0.05) is 54.6 Å². The molecule has 3 aromatic carbocycles. The average Bonchev–Trinajstić information content (AvgIpc) is 2.62. The van der Waals surface area contributed by atoms with Crippen LogP contribution in [0.1, 0.15) is 5.56 Å². The second-order valence-electron chi connectivity index (χ2n) is 5.25. The van der Waals surface area contributed by atoms with Gasteiger partial charge >= 0.3 is 6.03 Å². The van der Waals surface area contributed by atoms with Crippen molar-refractivity contribution in [2.75, 3.05) is 10.6 Å². The monoisotopic (exact) mass is 318 g/mol. The maximum Gasteiger partial charge on any atom is 0.323 e. The fourth-order valence-electron chi connectivity index (χ4n) is 2.22. The molecule has 4 heteroatoms. The minimum Gasteiger partial charge on any atom is -0.489 e. The standard InChI is InChI=1S/C20H18N2O2/c23-20(21-17-10-5-2-6-11-17)22-18-12-7-13-19(14-18)24-15-16-8-3-1-4-9-16/h1-14H,15H2,(H2,21,22,23). The summed E-state index contributed by atoms with van der Waals surface area (Å²) in [5.41, 5.74) is 2.51. The zero-order valence-corrected chi connectivity index (χ0v) is 13.1. The van der Waals surface area contributed by atoms with Crippen LogP contribution in [0.4, 0.5) is 16.2 Å². The van der Waals surface area contributed by atoms with Gasteiger partial charge in [0.15, 0.2) is 0 Å². The number of nitrogens with one attached hydrogen (secondary N) is 2. The van der Waals surface area contributed by atoms with Gasteiger partial charge in [0.05, 0.1) is 0 Å². The summed E-state index contributed by atoms with van der Waals surface area (Å²) in [6.07, 6.45) is 0. The number of hydrogen-bond donors (Lipinski definition) is 2. The predicted molar refractivity (Wildman–Crippen MR) is 96.3 cm³/mol. The molecule has 0 saturated heterocycles. The molecule has 0 aliphatic heterocycles. The van der Waals surface area contributed by atoms with E-state index in [2.05, 4.69) is 10.6 Å². The highest BCUT2D eigenvalue weighted by Crippen LogP contribution is 2.19. The number of ether oxygens (including phenoxy) is 1. The molecule has 0 aliphatic carbocycles. The van der Waals surface area contributed by atoms with Crippen molar-refractivity contribution >= 4 is 17.4 Å². The lowest BCUT2D eigenvalue weighted by atomic mass is 10.2. The molecule has 0 bridgehead atoms. The molecule has 0 unspecified atom stereocenters. The Morgan fingerprint density at radius 1 is 0.750 bits per heavy atom. The number of rotatable bonds is 5. The first-order valence-electron chi connectivity index (χ1n) is 7.69. The molecule has 0 aromatic heterocycles. The van der Waals surface area contributed by atoms with Gasteiger partial charge in [0.1, 0.15) is 12.4 Å². The van der Waals surface area contributed by atoms with Crippen molar-refractivity contribution < 1.29 is 9.53 Å². The van der Waals surface area contributed by atoms with Crippen molar-refractivity contribution in [2.45, 2.75) is 6.61 Å². The van der Waals surface area contributed by atoms with Gasteiger partial charge in [-0.05, 0) is 29.8 Å². The maximum absolute atomic E-state index is 12.0. The zero-order valence-electron chi connectivity index (χ0n) is 13.1. The molecular formula is C20H18N2O2. The summed E-state index contributed by atoms with van der Waals surface area (Å²) in [4.78, 5) is 12.0. The lowest BCUT2D eigenvalue weighted by molar-refractivity contribution is 0.262. The lowest BCUT2D eigenvalue weighted by Crippen LogP contribution is -2.19. The Morgan fingerprint density at radius 2 is 1.38 bits per heavy atom. The van der Waals surface area contributed by atoms with E-state index in [1.165, 1.54) is 0 Å². The molecule has 4 nitrogen and oxygen atoms in total. The third-order valence-corrected chi connectivity index (χ3v) is 3.37. The summed E-state index contributed by atoms with van der Waals surface area (Å²) in [5.74, 6) is 0.705. The van der Waals surface area contributed by atoms with Gasteiger partial charge in [-0.25, -0.2) is 4.79 Å². The molecule has 0 aliphatic rings. The summed E-state index contributed by atoms with van der Waals surface area (Å²) < 4.78 is 5.76. The predicted octanol–water partition coefficient (Wildman–Crippen LogP) is 4.91. The highest BCUT2D eigenvalue weighted by molar-refractivity contribution is 5.99. The minimum absolute atomic E-state index is 0.290. The highest BCUT2D eigenvalue weighted by Gasteiger charge is 2.03. The van der Waals surface area contributed by atoms with Crippen LogP contribution < -0.4 is 15.4 Å². The van der Waals surface area contributed by atoms with E-state index in [9.17, 15) is 4.79 Å². The van der Waals surface area contributed by atoms with Crippen molar-refractivity contribution in [2.24, 2.45) is 0 Å². The number of anilines is 2. The van der Waals surface area contributed by atoms with Gasteiger partial charge in [-0.3, -0.25) is 0 Å². The molecule has 0 radical (unpaired) electrons. The van der Waals surface area contributed by atoms with Crippen LogP contribution in [0.3, 0.4) is 0 Å². The normalized spacial score (nSPS) is 10.0. The molecule has 2 amide bonds. The van der Waals surface area contributed by atoms with Crippen molar-refractivity contribution in [3.05, 3.63) is 90.5 Å². The number of amides is 2. The van der Waals surface area contributed by atoms with Crippen LogP contribution in [0.2, 0.25) is 0 Å². The number of benzene rings is 3. The molecular weight excluding hydrogens is 300 g/mol. The Bertz CT molecular complexity index is 789. The third kappa shape index (κ3) is 4.61. The van der Waals surface area contributed by atoms with Gasteiger partial charge in [-0.15, -0.1) is 0 Å². The number of hydrogen-bond acceptors (Lipinski definition) is 2. The maximum atomic E-state index is 12.0. The largest absolute Gasteiger partial charge is 0.489 e. The first-order valence-corrected chi connectivity index (χ1v) is 7.69. The quantitative estimate of drug-likeness (QED) is 0.702. The summed E-state index contributed by atoms with van der Waals surface area (Å²) >= 11 is 0. The molecule has 2 N–H and O–H groups in total. The molecule has 0 atom stereocenters. The SMILES string of the molecule is O=C(Nc1ccccc1)Nc1cccc(OCc2ccccc2)c1. The molecule has 0 heterocycles. The fraction of sp³-hybridized carbons (Fsp3) is 0.0500. The summed E-state index contributed by atoms with van der Waals surface area (Å²) in [7, 11) is 0. The molecule has 0 saturated carbocycles. The molecule has 3 rings (SSSR count). The average molecular weight is 318 g/mol. The Kier molecular flexibility index (Phi) is 5.10. The van der Waals surface area contributed by atoms with Crippen LogP contribution in [0.15, 0.2) is 84.9 Å². The summed E-state index contributed by atoms with van der Waals surface area (Å²) in [5, 5.41) is 5.58. The number of carbonyl (C=O) groups excluding carboxylic acids is 1. The van der Waals surface area contributed by atoms with E-state index in [1.54, 1.807) is 6.07 Å². The van der Waals surface area contributed by atoms with E-state index in [-0.39, 0.29) is 6.03 Å². The van der Waals surface area contributed by atoms with E-state index < -0.39 is 0 Å². The Morgan fingerprint density at radius 3 is 2.12 bits per heavy atom. The Balaban J connectivity index is 1.57. The third-order valence-electron chi connectivity index (χ3n) is 3.37. The van der Waals surface area contributed by atoms with Crippen LogP contribution in [0.5, 0.6) is 5.75 Å². The Hall–Kier alpha value is -3.27. The van der Waals surface area contributed by atoms with E-state index in [0.717, 1.165) is 11.3 Å². The summed E-state index contributed by atoms with van der Waals surface area (Å²) in [6.45, 7) is 0.487. The van der Waals surface area contributed by atoms with Crippen molar-refractivity contribution in [1.82, 2.24) is 0 Å². The van der Waals surface area contributed by atoms with Crippen LogP contribution >= 0.6 is 0 Å². The summed E-state index contributed by atoms with van der Waals surface area (Å²) in [6, 6.07) is 26.3. The first-order chi connectivity index (χ1) is 11.8. The Labute approximate surface area is 141 Å². The van der Waals surface area contributed by atoms with Gasteiger partial charge in [0, 0.05) is 17.4 Å². The molecule has 120 valence electrons. The number of para-hydroxylation sites is 1. The molecule has 0 fully saturated rings. The van der Waals surface area contributed by atoms with E-state index in [0.29, 0.717) is 18.0 Å². The lowest BCUT2D eigenvalue weighted by Gasteiger charge is -2.10. The van der Waals surface area contributed by atoms with E-state index in [4.69, 9.17) is 4.74 Å². The van der Waals surface area contributed by atoms with Gasteiger partial charge in [-0.2, -0.15) is 0 Å². The number of carbonyl (C=O) groups is 1.